The van der Waals surface area contributed by atoms with E-state index in [4.69, 9.17) is 14.5 Å². The number of carbonyl (C=O) groups is 1. The number of hydrogen-bond acceptors (Lipinski definition) is 6. The minimum Gasteiger partial charge on any atom is -0.486 e. The average Bonchev–Trinajstić information content (AvgIpc) is 2.88. The fourth-order valence-corrected chi connectivity index (χ4v) is 4.50. The SMILES string of the molecule is CN(C)c1ncc(-c2ccccc2)c([C@@H]2CCCN(C(=O)c3ccc4c(c3)OCCO4)C2)n1. The summed E-state index contributed by atoms with van der Waals surface area (Å²) in [5.74, 6) is 2.16. The molecule has 0 spiro atoms. The molecule has 7 nitrogen and oxygen atoms in total. The second kappa shape index (κ2) is 9.10. The first-order valence-electron chi connectivity index (χ1n) is 11.4. The molecule has 2 aliphatic rings. The highest BCUT2D eigenvalue weighted by Crippen LogP contribution is 2.35. The van der Waals surface area contributed by atoms with Gasteiger partial charge < -0.3 is 19.3 Å². The summed E-state index contributed by atoms with van der Waals surface area (Å²) in [5.41, 5.74) is 3.74. The zero-order valence-electron chi connectivity index (χ0n) is 19.0. The molecule has 3 heterocycles. The summed E-state index contributed by atoms with van der Waals surface area (Å²) in [4.78, 5) is 26.7. The van der Waals surface area contributed by atoms with Crippen LogP contribution in [-0.2, 0) is 0 Å². The number of amides is 1. The van der Waals surface area contributed by atoms with Crippen molar-refractivity contribution in [2.45, 2.75) is 18.8 Å². The summed E-state index contributed by atoms with van der Waals surface area (Å²) < 4.78 is 11.3. The minimum atomic E-state index is 0.0137. The van der Waals surface area contributed by atoms with E-state index < -0.39 is 0 Å². The number of rotatable bonds is 4. The van der Waals surface area contributed by atoms with Gasteiger partial charge in [-0.05, 0) is 36.6 Å². The number of carbonyl (C=O) groups excluding carboxylic acids is 1. The molecule has 2 aliphatic heterocycles. The number of nitrogens with zero attached hydrogens (tertiary/aromatic N) is 4. The van der Waals surface area contributed by atoms with Crippen molar-refractivity contribution in [1.29, 1.82) is 0 Å². The number of hydrogen-bond donors (Lipinski definition) is 0. The van der Waals surface area contributed by atoms with E-state index in [1.807, 2.05) is 60.4 Å². The molecule has 1 amide bonds. The second-order valence-electron chi connectivity index (χ2n) is 8.68. The van der Waals surface area contributed by atoms with Crippen LogP contribution in [0.5, 0.6) is 11.5 Å². The molecule has 0 radical (unpaired) electrons. The summed E-state index contributed by atoms with van der Waals surface area (Å²) in [6.07, 6.45) is 3.82. The lowest BCUT2D eigenvalue weighted by Gasteiger charge is -2.33. The predicted molar refractivity (Wildman–Crippen MR) is 127 cm³/mol. The molecule has 1 fully saturated rings. The number of ether oxygens (including phenoxy) is 2. The van der Waals surface area contributed by atoms with Crippen LogP contribution in [0.2, 0.25) is 0 Å². The Bertz CT molecular complexity index is 1150. The van der Waals surface area contributed by atoms with Gasteiger partial charge in [-0.3, -0.25) is 4.79 Å². The molecule has 33 heavy (non-hydrogen) atoms. The van der Waals surface area contributed by atoms with Crippen LogP contribution in [0, 0.1) is 0 Å². The third kappa shape index (κ3) is 4.35. The van der Waals surface area contributed by atoms with Crippen LogP contribution in [0.1, 0.15) is 34.8 Å². The summed E-state index contributed by atoms with van der Waals surface area (Å²) >= 11 is 0. The smallest absolute Gasteiger partial charge is 0.254 e. The van der Waals surface area contributed by atoms with Crippen LogP contribution in [0.15, 0.2) is 54.7 Å². The largest absolute Gasteiger partial charge is 0.486 e. The van der Waals surface area contributed by atoms with Gasteiger partial charge in [0.1, 0.15) is 13.2 Å². The molecular weight excluding hydrogens is 416 g/mol. The zero-order valence-corrected chi connectivity index (χ0v) is 19.0. The first-order valence-corrected chi connectivity index (χ1v) is 11.4. The van der Waals surface area contributed by atoms with Gasteiger partial charge in [0.2, 0.25) is 5.95 Å². The van der Waals surface area contributed by atoms with Crippen LogP contribution in [0.25, 0.3) is 11.1 Å². The van der Waals surface area contributed by atoms with Crippen LogP contribution >= 0.6 is 0 Å². The monoisotopic (exact) mass is 444 g/mol. The van der Waals surface area contributed by atoms with Crippen LogP contribution in [0.4, 0.5) is 5.95 Å². The summed E-state index contributed by atoms with van der Waals surface area (Å²) in [5, 5.41) is 0. The molecule has 1 saturated heterocycles. The molecule has 7 heteroatoms. The number of aromatic nitrogens is 2. The van der Waals surface area contributed by atoms with E-state index in [2.05, 4.69) is 17.1 Å². The Hall–Kier alpha value is -3.61. The van der Waals surface area contributed by atoms with E-state index in [1.54, 1.807) is 6.07 Å². The standard InChI is InChI=1S/C26H28N4O3/c1-29(2)26-27-16-21(18-7-4-3-5-8-18)24(28-26)20-9-6-12-30(17-20)25(31)19-10-11-22-23(15-19)33-14-13-32-22/h3-5,7-8,10-11,15-16,20H,6,9,12-14,17H2,1-2H3/t20-/m1/s1. The van der Waals surface area contributed by atoms with E-state index in [0.29, 0.717) is 42.8 Å². The topological polar surface area (TPSA) is 67.8 Å². The second-order valence-corrected chi connectivity index (χ2v) is 8.68. The lowest BCUT2D eigenvalue weighted by molar-refractivity contribution is 0.0705. The van der Waals surface area contributed by atoms with Crippen molar-refractivity contribution in [3.05, 3.63) is 66.0 Å². The van der Waals surface area contributed by atoms with E-state index in [-0.39, 0.29) is 11.8 Å². The van der Waals surface area contributed by atoms with Crippen molar-refractivity contribution in [2.24, 2.45) is 0 Å². The molecule has 1 atom stereocenters. The van der Waals surface area contributed by atoms with E-state index in [1.165, 1.54) is 0 Å². The summed E-state index contributed by atoms with van der Waals surface area (Å²) in [6, 6.07) is 15.7. The van der Waals surface area contributed by atoms with E-state index in [0.717, 1.165) is 36.2 Å². The fourth-order valence-electron chi connectivity index (χ4n) is 4.50. The molecule has 0 saturated carbocycles. The molecule has 2 aromatic carbocycles. The van der Waals surface area contributed by atoms with Crippen LogP contribution in [-0.4, -0.2) is 61.2 Å². The maximum atomic E-state index is 13.4. The van der Waals surface area contributed by atoms with Gasteiger partial charge in [0.25, 0.3) is 5.91 Å². The highest BCUT2D eigenvalue weighted by molar-refractivity contribution is 5.95. The lowest BCUT2D eigenvalue weighted by atomic mass is 9.89. The highest BCUT2D eigenvalue weighted by Gasteiger charge is 2.29. The van der Waals surface area contributed by atoms with E-state index >= 15 is 0 Å². The Morgan fingerprint density at radius 2 is 1.85 bits per heavy atom. The van der Waals surface area contributed by atoms with Crippen molar-refractivity contribution in [1.82, 2.24) is 14.9 Å². The van der Waals surface area contributed by atoms with Gasteiger partial charge in [0.15, 0.2) is 11.5 Å². The molecule has 0 aliphatic carbocycles. The Morgan fingerprint density at radius 1 is 1.06 bits per heavy atom. The Kier molecular flexibility index (Phi) is 5.86. The lowest BCUT2D eigenvalue weighted by Crippen LogP contribution is -2.39. The van der Waals surface area contributed by atoms with Crippen LogP contribution in [0.3, 0.4) is 0 Å². The van der Waals surface area contributed by atoms with Gasteiger partial charge in [-0.1, -0.05) is 30.3 Å². The quantitative estimate of drug-likeness (QED) is 0.606. The first-order chi connectivity index (χ1) is 16.1. The number of anilines is 1. The fraction of sp³-hybridized carbons (Fsp3) is 0.346. The number of fused-ring (bicyclic) bond motifs is 1. The average molecular weight is 445 g/mol. The number of likely N-dealkylation sites (tertiary alicyclic amines) is 1. The van der Waals surface area contributed by atoms with Gasteiger partial charge in [0, 0.05) is 50.4 Å². The Labute approximate surface area is 194 Å². The molecule has 0 unspecified atom stereocenters. The molecule has 170 valence electrons. The normalized spacial score (nSPS) is 17.5. The zero-order chi connectivity index (χ0) is 22.8. The Balaban J connectivity index is 1.44. The van der Waals surface area contributed by atoms with Gasteiger partial charge in [-0.2, -0.15) is 0 Å². The van der Waals surface area contributed by atoms with Gasteiger partial charge in [0.05, 0.1) is 5.69 Å². The molecule has 5 rings (SSSR count). The summed E-state index contributed by atoms with van der Waals surface area (Å²) in [6.45, 7) is 2.39. The summed E-state index contributed by atoms with van der Waals surface area (Å²) in [7, 11) is 3.89. The van der Waals surface area contributed by atoms with Crippen molar-refractivity contribution in [3.63, 3.8) is 0 Å². The van der Waals surface area contributed by atoms with E-state index in [9.17, 15) is 4.79 Å². The maximum Gasteiger partial charge on any atom is 0.254 e. The molecular formula is C26H28N4O3. The Morgan fingerprint density at radius 3 is 2.64 bits per heavy atom. The molecule has 1 aromatic heterocycles. The first kappa shape index (κ1) is 21.2. The van der Waals surface area contributed by atoms with Crippen molar-refractivity contribution >= 4 is 11.9 Å². The predicted octanol–water partition coefficient (Wildman–Crippen LogP) is 4.00. The van der Waals surface area contributed by atoms with Crippen molar-refractivity contribution < 1.29 is 14.3 Å². The third-order valence-corrected chi connectivity index (χ3v) is 6.17. The van der Waals surface area contributed by atoms with Gasteiger partial charge in [-0.15, -0.1) is 0 Å². The van der Waals surface area contributed by atoms with Gasteiger partial charge >= 0.3 is 0 Å². The maximum absolute atomic E-state index is 13.4. The molecule has 0 N–H and O–H groups in total. The molecule has 0 bridgehead atoms. The third-order valence-electron chi connectivity index (χ3n) is 6.17. The van der Waals surface area contributed by atoms with Crippen molar-refractivity contribution in [3.8, 4) is 22.6 Å². The van der Waals surface area contributed by atoms with Crippen molar-refractivity contribution in [2.75, 3.05) is 45.3 Å². The highest BCUT2D eigenvalue weighted by atomic mass is 16.6. The minimum absolute atomic E-state index is 0.0137. The number of piperidine rings is 1. The number of benzene rings is 2. The van der Waals surface area contributed by atoms with Crippen LogP contribution < -0.4 is 14.4 Å². The molecule has 3 aromatic rings. The van der Waals surface area contributed by atoms with Gasteiger partial charge in [-0.25, -0.2) is 9.97 Å².